The molecule has 5 nitrogen and oxygen atoms in total. The van der Waals surface area contributed by atoms with E-state index in [1.165, 1.54) is 11.8 Å². The number of nitrogens with zero attached hydrogens (tertiary/aromatic N) is 4. The number of anilines is 1. The molecule has 7 heteroatoms. The van der Waals surface area contributed by atoms with Gasteiger partial charge in [-0.1, -0.05) is 48.2 Å². The number of pyridine rings is 1. The van der Waals surface area contributed by atoms with Gasteiger partial charge in [0.25, 0.3) is 5.91 Å². The standard InChI is InChI=1S/C23H18N4OS2/c1-3-14-27-21(28)20(22-26(2)18-10-6-7-11-19(18)29-22)30-23(27)25-17-12-13-24-16-9-5-4-8-15(16)17/h3-13H,1,14H2,2H3. The smallest absolute Gasteiger partial charge is 0.269 e. The molecule has 1 saturated heterocycles. The Balaban J connectivity index is 1.59. The highest BCUT2D eigenvalue weighted by Gasteiger charge is 2.38. The van der Waals surface area contributed by atoms with Gasteiger partial charge in [-0.2, -0.15) is 0 Å². The minimum atomic E-state index is -0.0424. The van der Waals surface area contributed by atoms with Gasteiger partial charge in [0, 0.05) is 30.1 Å². The molecule has 0 radical (unpaired) electrons. The first-order valence-electron chi connectivity index (χ1n) is 9.45. The van der Waals surface area contributed by atoms with Crippen molar-refractivity contribution in [2.75, 3.05) is 18.5 Å². The fourth-order valence-electron chi connectivity index (χ4n) is 3.49. The second-order valence-corrected chi connectivity index (χ2v) is 8.82. The van der Waals surface area contributed by atoms with E-state index >= 15 is 0 Å². The summed E-state index contributed by atoms with van der Waals surface area (Å²) < 4.78 is 0. The lowest BCUT2D eigenvalue weighted by molar-refractivity contribution is -0.121. The summed E-state index contributed by atoms with van der Waals surface area (Å²) in [4.78, 5) is 28.2. The monoisotopic (exact) mass is 430 g/mol. The Morgan fingerprint density at radius 1 is 1.10 bits per heavy atom. The van der Waals surface area contributed by atoms with Crippen molar-refractivity contribution in [3.8, 4) is 0 Å². The number of hydrogen-bond donors (Lipinski definition) is 0. The third-order valence-corrected chi connectivity index (χ3v) is 7.38. The van der Waals surface area contributed by atoms with E-state index in [0.717, 1.165) is 32.2 Å². The van der Waals surface area contributed by atoms with Gasteiger partial charge in [0.15, 0.2) is 5.17 Å². The molecule has 1 amide bonds. The number of para-hydroxylation sites is 2. The number of amidine groups is 1. The number of carbonyl (C=O) groups excluding carboxylic acids is 1. The molecule has 30 heavy (non-hydrogen) atoms. The van der Waals surface area contributed by atoms with E-state index in [1.54, 1.807) is 28.9 Å². The van der Waals surface area contributed by atoms with Crippen molar-refractivity contribution in [1.82, 2.24) is 9.88 Å². The van der Waals surface area contributed by atoms with Crippen LogP contribution in [0.1, 0.15) is 0 Å². The Hall–Kier alpha value is -3.03. The Morgan fingerprint density at radius 3 is 2.73 bits per heavy atom. The van der Waals surface area contributed by atoms with Crippen molar-refractivity contribution < 1.29 is 4.79 Å². The summed E-state index contributed by atoms with van der Waals surface area (Å²) >= 11 is 3.04. The van der Waals surface area contributed by atoms with Crippen molar-refractivity contribution >= 4 is 56.9 Å². The molecule has 0 atom stereocenters. The maximum absolute atomic E-state index is 13.3. The molecule has 1 aromatic heterocycles. The third kappa shape index (κ3) is 3.11. The molecule has 2 aromatic carbocycles. The summed E-state index contributed by atoms with van der Waals surface area (Å²) in [7, 11) is 2.00. The first-order valence-corrected chi connectivity index (χ1v) is 11.1. The second kappa shape index (κ2) is 7.66. The Kier molecular flexibility index (Phi) is 4.84. The van der Waals surface area contributed by atoms with Crippen LogP contribution < -0.4 is 4.90 Å². The highest BCUT2D eigenvalue weighted by Crippen LogP contribution is 2.50. The van der Waals surface area contributed by atoms with Crippen LogP contribution in [-0.4, -0.2) is 34.6 Å². The van der Waals surface area contributed by atoms with Gasteiger partial charge in [0.2, 0.25) is 0 Å². The largest absolute Gasteiger partial charge is 0.337 e. The van der Waals surface area contributed by atoms with Gasteiger partial charge in [-0.05, 0) is 36.0 Å². The van der Waals surface area contributed by atoms with Crippen molar-refractivity contribution in [3.05, 3.63) is 83.4 Å². The normalized spacial score (nSPS) is 19.8. The molecular formula is C23H18N4OS2. The number of thioether (sulfide) groups is 2. The van der Waals surface area contributed by atoms with Crippen LogP contribution in [0.3, 0.4) is 0 Å². The number of fused-ring (bicyclic) bond motifs is 2. The molecule has 0 aliphatic carbocycles. The summed E-state index contributed by atoms with van der Waals surface area (Å²) in [5, 5.41) is 2.55. The second-order valence-electron chi connectivity index (χ2n) is 6.81. The van der Waals surface area contributed by atoms with E-state index in [0.29, 0.717) is 16.6 Å². The van der Waals surface area contributed by atoms with Gasteiger partial charge < -0.3 is 4.90 Å². The highest BCUT2D eigenvalue weighted by atomic mass is 32.2. The van der Waals surface area contributed by atoms with Gasteiger partial charge in [0.1, 0.15) is 4.91 Å². The van der Waals surface area contributed by atoms with E-state index in [-0.39, 0.29) is 5.91 Å². The van der Waals surface area contributed by atoms with Crippen molar-refractivity contribution in [1.29, 1.82) is 0 Å². The number of benzene rings is 2. The van der Waals surface area contributed by atoms with Gasteiger partial charge >= 0.3 is 0 Å². The van der Waals surface area contributed by atoms with Crippen LogP contribution in [0.4, 0.5) is 11.4 Å². The van der Waals surface area contributed by atoms with E-state index in [9.17, 15) is 4.79 Å². The average Bonchev–Trinajstić information content (AvgIpc) is 3.26. The summed E-state index contributed by atoms with van der Waals surface area (Å²) in [6.07, 6.45) is 3.48. The molecule has 1 fully saturated rings. The van der Waals surface area contributed by atoms with Crippen LogP contribution in [-0.2, 0) is 4.79 Å². The molecule has 0 saturated carbocycles. The average molecular weight is 431 g/mol. The van der Waals surface area contributed by atoms with Crippen molar-refractivity contribution in [2.45, 2.75) is 4.90 Å². The number of hydrogen-bond acceptors (Lipinski definition) is 6. The quantitative estimate of drug-likeness (QED) is 0.412. The van der Waals surface area contributed by atoms with E-state index in [1.807, 2.05) is 49.5 Å². The zero-order chi connectivity index (χ0) is 20.7. The van der Waals surface area contributed by atoms with Crippen LogP contribution in [0.25, 0.3) is 10.9 Å². The van der Waals surface area contributed by atoms with Crippen molar-refractivity contribution in [2.24, 2.45) is 4.99 Å². The molecule has 0 bridgehead atoms. The fourth-order valence-corrected chi connectivity index (χ4v) is 5.84. The SMILES string of the molecule is C=CCN1C(=O)C(=C2Sc3ccccc3N2C)SC1=Nc1ccnc2ccccc12. The molecule has 2 aliphatic rings. The number of aliphatic imine (C=N–C) groups is 1. The molecule has 0 N–H and O–H groups in total. The maximum Gasteiger partial charge on any atom is 0.269 e. The molecule has 3 aromatic rings. The van der Waals surface area contributed by atoms with Gasteiger partial charge in [-0.25, -0.2) is 4.99 Å². The first-order chi connectivity index (χ1) is 14.7. The predicted octanol–water partition coefficient (Wildman–Crippen LogP) is 5.39. The van der Waals surface area contributed by atoms with Gasteiger partial charge in [0.05, 0.1) is 21.9 Å². The summed E-state index contributed by atoms with van der Waals surface area (Å²) in [5.74, 6) is -0.0424. The highest BCUT2D eigenvalue weighted by molar-refractivity contribution is 8.19. The zero-order valence-electron chi connectivity index (χ0n) is 16.3. The van der Waals surface area contributed by atoms with E-state index in [2.05, 4.69) is 28.6 Å². The Morgan fingerprint density at radius 2 is 1.90 bits per heavy atom. The Labute approximate surface area is 183 Å². The van der Waals surface area contributed by atoms with Crippen LogP contribution in [0.15, 0.2) is 93.3 Å². The first kappa shape index (κ1) is 19.0. The summed E-state index contributed by atoms with van der Waals surface area (Å²) in [5.41, 5.74) is 2.79. The minimum absolute atomic E-state index is 0.0424. The maximum atomic E-state index is 13.3. The van der Waals surface area contributed by atoms with E-state index in [4.69, 9.17) is 4.99 Å². The lowest BCUT2D eigenvalue weighted by atomic mass is 10.2. The molecule has 3 heterocycles. The molecule has 2 aliphatic heterocycles. The summed E-state index contributed by atoms with van der Waals surface area (Å²) in [6.45, 7) is 4.23. The number of amides is 1. The van der Waals surface area contributed by atoms with Crippen molar-refractivity contribution in [3.63, 3.8) is 0 Å². The topological polar surface area (TPSA) is 48.8 Å². The number of carbonyl (C=O) groups is 1. The molecule has 5 rings (SSSR count). The zero-order valence-corrected chi connectivity index (χ0v) is 17.9. The molecule has 0 unspecified atom stereocenters. The number of rotatable bonds is 3. The lowest BCUT2D eigenvalue weighted by Gasteiger charge is -2.15. The minimum Gasteiger partial charge on any atom is -0.337 e. The van der Waals surface area contributed by atoms with E-state index < -0.39 is 0 Å². The van der Waals surface area contributed by atoms with Crippen LogP contribution in [0, 0.1) is 0 Å². The number of aromatic nitrogens is 1. The Bertz CT molecular complexity index is 1250. The fraction of sp³-hybridized carbons (Fsp3) is 0.0870. The van der Waals surface area contributed by atoms with Gasteiger partial charge in [-0.15, -0.1) is 6.58 Å². The lowest BCUT2D eigenvalue weighted by Crippen LogP contribution is -2.29. The third-order valence-electron chi connectivity index (χ3n) is 4.95. The molecule has 0 spiro atoms. The van der Waals surface area contributed by atoms with Gasteiger partial charge in [-0.3, -0.25) is 14.7 Å². The molecule has 148 valence electrons. The summed E-state index contributed by atoms with van der Waals surface area (Å²) in [6, 6.07) is 17.9. The van der Waals surface area contributed by atoms with Crippen LogP contribution in [0.5, 0.6) is 0 Å². The van der Waals surface area contributed by atoms with Crippen LogP contribution >= 0.6 is 23.5 Å². The van der Waals surface area contributed by atoms with Crippen LogP contribution in [0.2, 0.25) is 0 Å². The predicted molar refractivity (Wildman–Crippen MR) is 126 cm³/mol. The molecular weight excluding hydrogens is 412 g/mol.